The van der Waals surface area contributed by atoms with Gasteiger partial charge in [0.2, 0.25) is 0 Å². The van der Waals surface area contributed by atoms with Gasteiger partial charge in [-0.25, -0.2) is 0 Å². The van der Waals surface area contributed by atoms with Crippen molar-refractivity contribution in [3.8, 4) is 68.8 Å². The molecule has 0 fully saturated rings. The third-order valence-corrected chi connectivity index (χ3v) is 10.1. The highest BCUT2D eigenvalue weighted by Crippen LogP contribution is 2.48. The molecule has 4 heteroatoms. The predicted octanol–water partition coefficient (Wildman–Crippen LogP) is 11.5. The second-order valence-electron chi connectivity index (χ2n) is 13.1. The molecule has 0 bridgehead atoms. The molecule has 0 aliphatic rings. The SMILES string of the molecule is N#CCc1ccc(-c2cc(-c3ccc(CC#N)cc3)c3ccc4c(-c5ccc(CC#N)cc5)cc(-c5ccc(CC#N)cc5)c5ccc2c3c54)cc1. The fraction of sp³-hybridized carbons (Fsp3) is 0.0833. The molecule has 0 aliphatic heterocycles. The lowest BCUT2D eigenvalue weighted by Gasteiger charge is -2.22. The van der Waals surface area contributed by atoms with Crippen LogP contribution in [0.15, 0.2) is 133 Å². The topological polar surface area (TPSA) is 95.2 Å². The van der Waals surface area contributed by atoms with Gasteiger partial charge in [0, 0.05) is 0 Å². The number of benzene rings is 8. The van der Waals surface area contributed by atoms with Crippen molar-refractivity contribution >= 4 is 32.3 Å². The summed E-state index contributed by atoms with van der Waals surface area (Å²) in [5, 5.41) is 44.2. The monoisotopic (exact) mass is 662 g/mol. The molecule has 4 nitrogen and oxygen atoms in total. The van der Waals surface area contributed by atoms with Gasteiger partial charge in [0.15, 0.2) is 0 Å². The summed E-state index contributed by atoms with van der Waals surface area (Å²) in [6, 6.07) is 55.8. The number of hydrogen-bond donors (Lipinski definition) is 0. The fourth-order valence-electron chi connectivity index (χ4n) is 7.52. The van der Waals surface area contributed by atoms with E-state index in [1.807, 2.05) is 48.5 Å². The lowest BCUT2D eigenvalue weighted by atomic mass is 9.81. The van der Waals surface area contributed by atoms with Crippen molar-refractivity contribution < 1.29 is 0 Å². The number of rotatable bonds is 8. The van der Waals surface area contributed by atoms with Gasteiger partial charge in [-0.1, -0.05) is 121 Å². The normalized spacial score (nSPS) is 10.9. The van der Waals surface area contributed by atoms with E-state index in [1.54, 1.807) is 0 Å². The lowest BCUT2D eigenvalue weighted by Crippen LogP contribution is -1.95. The van der Waals surface area contributed by atoms with E-state index in [2.05, 4.69) is 109 Å². The summed E-state index contributed by atoms with van der Waals surface area (Å²) >= 11 is 0. The summed E-state index contributed by atoms with van der Waals surface area (Å²) in [4.78, 5) is 0. The Labute approximate surface area is 302 Å². The highest BCUT2D eigenvalue weighted by atomic mass is 14.3. The number of nitriles is 4. The van der Waals surface area contributed by atoms with Gasteiger partial charge >= 0.3 is 0 Å². The molecule has 0 saturated heterocycles. The summed E-state index contributed by atoms with van der Waals surface area (Å²) < 4.78 is 0. The summed E-state index contributed by atoms with van der Waals surface area (Å²) in [7, 11) is 0. The molecule has 0 heterocycles. The van der Waals surface area contributed by atoms with Crippen molar-refractivity contribution in [1.82, 2.24) is 0 Å². The zero-order valence-electron chi connectivity index (χ0n) is 28.3. The standard InChI is InChI=1S/C48H30N4/c49-25-21-31-1-9-35(10-2-31)43-29-44(36-11-3-32(4-12-36)22-26-50)40-19-20-42-46(38-15-7-34(8-16-38)24-28-52)30-45(37-13-5-33(6-14-37)23-27-51)41-18-17-39(43)47(40)48(41)42/h1-20,29-30H,21-24H2. The van der Waals surface area contributed by atoms with Crippen molar-refractivity contribution in [3.05, 3.63) is 156 Å². The van der Waals surface area contributed by atoms with Crippen LogP contribution in [0.4, 0.5) is 0 Å². The minimum Gasteiger partial charge on any atom is -0.198 e. The number of hydrogen-bond acceptors (Lipinski definition) is 4. The Kier molecular flexibility index (Phi) is 8.35. The molecular formula is C48H30N4. The van der Waals surface area contributed by atoms with Gasteiger partial charge < -0.3 is 0 Å². The van der Waals surface area contributed by atoms with Crippen LogP contribution in [0.1, 0.15) is 22.3 Å². The van der Waals surface area contributed by atoms with E-state index in [0.717, 1.165) is 88.3 Å². The minimum atomic E-state index is 0.361. The van der Waals surface area contributed by atoms with Crippen LogP contribution in [0, 0.1) is 45.3 Å². The summed E-state index contributed by atoms with van der Waals surface area (Å²) in [6.07, 6.45) is 1.44. The van der Waals surface area contributed by atoms with Gasteiger partial charge in [-0.05, 0) is 111 Å². The second-order valence-corrected chi connectivity index (χ2v) is 13.1. The van der Waals surface area contributed by atoms with Crippen molar-refractivity contribution in [2.24, 2.45) is 0 Å². The minimum absolute atomic E-state index is 0.361. The first-order valence-electron chi connectivity index (χ1n) is 17.2. The molecule has 0 unspecified atom stereocenters. The van der Waals surface area contributed by atoms with Crippen LogP contribution in [0.25, 0.3) is 76.8 Å². The molecule has 0 amide bonds. The molecule has 0 radical (unpaired) electrons. The molecule has 0 saturated carbocycles. The summed E-state index contributed by atoms with van der Waals surface area (Å²) in [6.45, 7) is 0. The van der Waals surface area contributed by atoms with Crippen LogP contribution in [0.2, 0.25) is 0 Å². The van der Waals surface area contributed by atoms with Gasteiger partial charge in [0.05, 0.1) is 50.0 Å². The molecule has 8 rings (SSSR count). The fourth-order valence-corrected chi connectivity index (χ4v) is 7.52. The Morgan fingerprint density at radius 1 is 0.288 bits per heavy atom. The van der Waals surface area contributed by atoms with Crippen LogP contribution < -0.4 is 0 Å². The Hall–Kier alpha value is -7.24. The first-order valence-corrected chi connectivity index (χ1v) is 17.2. The zero-order chi connectivity index (χ0) is 35.6. The van der Waals surface area contributed by atoms with Crippen LogP contribution in [-0.4, -0.2) is 0 Å². The Morgan fingerprint density at radius 2 is 0.500 bits per heavy atom. The van der Waals surface area contributed by atoms with E-state index in [-0.39, 0.29) is 0 Å². The van der Waals surface area contributed by atoms with E-state index in [9.17, 15) is 21.0 Å². The van der Waals surface area contributed by atoms with E-state index in [0.29, 0.717) is 25.7 Å². The van der Waals surface area contributed by atoms with Crippen molar-refractivity contribution in [2.45, 2.75) is 25.7 Å². The van der Waals surface area contributed by atoms with Crippen molar-refractivity contribution in [2.75, 3.05) is 0 Å². The first-order chi connectivity index (χ1) is 25.6. The van der Waals surface area contributed by atoms with Gasteiger partial charge in [-0.3, -0.25) is 0 Å². The highest BCUT2D eigenvalue weighted by Gasteiger charge is 2.21. The molecule has 0 N–H and O–H groups in total. The molecular weight excluding hydrogens is 633 g/mol. The molecule has 0 spiro atoms. The second kappa shape index (κ2) is 13.6. The van der Waals surface area contributed by atoms with Crippen molar-refractivity contribution in [3.63, 3.8) is 0 Å². The average molecular weight is 663 g/mol. The molecule has 0 aromatic heterocycles. The summed E-state index contributed by atoms with van der Waals surface area (Å²) in [5.74, 6) is 0. The van der Waals surface area contributed by atoms with Gasteiger partial charge in [-0.2, -0.15) is 21.0 Å². The van der Waals surface area contributed by atoms with Gasteiger partial charge in [0.25, 0.3) is 0 Å². The largest absolute Gasteiger partial charge is 0.198 e. The van der Waals surface area contributed by atoms with E-state index >= 15 is 0 Å². The molecule has 0 atom stereocenters. The lowest BCUT2D eigenvalue weighted by molar-refractivity contribution is 1.26. The van der Waals surface area contributed by atoms with Crippen LogP contribution >= 0.6 is 0 Å². The van der Waals surface area contributed by atoms with Crippen LogP contribution in [0.3, 0.4) is 0 Å². The molecule has 8 aromatic carbocycles. The number of nitrogens with zero attached hydrogens (tertiary/aromatic N) is 4. The van der Waals surface area contributed by atoms with E-state index in [1.165, 1.54) is 10.8 Å². The van der Waals surface area contributed by atoms with E-state index < -0.39 is 0 Å². The quantitative estimate of drug-likeness (QED) is 0.151. The Bertz CT molecular complexity index is 2400. The smallest absolute Gasteiger partial charge is 0.0669 e. The molecule has 8 aromatic rings. The van der Waals surface area contributed by atoms with Crippen LogP contribution in [-0.2, 0) is 25.7 Å². The highest BCUT2D eigenvalue weighted by molar-refractivity contribution is 6.31. The summed E-state index contributed by atoms with van der Waals surface area (Å²) in [5.41, 5.74) is 12.6. The predicted molar refractivity (Wildman–Crippen MR) is 209 cm³/mol. The average Bonchev–Trinajstić information content (AvgIpc) is 3.18. The van der Waals surface area contributed by atoms with Crippen LogP contribution in [0.5, 0.6) is 0 Å². The Balaban J connectivity index is 1.47. The van der Waals surface area contributed by atoms with E-state index in [4.69, 9.17) is 0 Å². The maximum absolute atomic E-state index is 9.31. The third kappa shape index (κ3) is 5.66. The van der Waals surface area contributed by atoms with Gasteiger partial charge in [0.1, 0.15) is 0 Å². The Morgan fingerprint density at radius 3 is 0.692 bits per heavy atom. The molecule has 0 aliphatic carbocycles. The molecule has 52 heavy (non-hydrogen) atoms. The first kappa shape index (κ1) is 32.0. The van der Waals surface area contributed by atoms with Gasteiger partial charge in [-0.15, -0.1) is 0 Å². The zero-order valence-corrected chi connectivity index (χ0v) is 28.3. The van der Waals surface area contributed by atoms with Crippen molar-refractivity contribution in [1.29, 1.82) is 21.0 Å². The maximum atomic E-state index is 9.31. The maximum Gasteiger partial charge on any atom is 0.0669 e. The third-order valence-electron chi connectivity index (χ3n) is 10.1. The molecule has 242 valence electrons.